The molecule has 2 rings (SSSR count). The molecule has 0 aliphatic carbocycles. The number of thiazole rings is 1. The van der Waals surface area contributed by atoms with Crippen LogP contribution < -0.4 is 11.1 Å². The van der Waals surface area contributed by atoms with Gasteiger partial charge in [0, 0.05) is 30.7 Å². The average Bonchev–Trinajstić information content (AvgIpc) is 2.82. The standard InChI is InChI=1S/C11H16N4OS/c12-7-9-3-1-2-5-15(9)8-10(16)14-11-13-4-6-17-11/h1,3-4,6,9H,2,5,7-8,12H2,(H,13,14,16). The maximum absolute atomic E-state index is 11.8. The van der Waals surface area contributed by atoms with Crippen LogP contribution in [0.15, 0.2) is 23.7 Å². The van der Waals surface area contributed by atoms with Crippen LogP contribution in [0.25, 0.3) is 0 Å². The maximum atomic E-state index is 11.8. The number of carbonyl (C=O) groups is 1. The van der Waals surface area contributed by atoms with E-state index in [4.69, 9.17) is 5.73 Å². The molecule has 1 amide bonds. The third-order valence-corrected chi connectivity index (χ3v) is 3.37. The van der Waals surface area contributed by atoms with Gasteiger partial charge in [-0.25, -0.2) is 4.98 Å². The van der Waals surface area contributed by atoms with Crippen molar-refractivity contribution in [2.45, 2.75) is 12.5 Å². The fraction of sp³-hybridized carbons (Fsp3) is 0.455. The second-order valence-corrected chi connectivity index (χ2v) is 4.77. The fourth-order valence-electron chi connectivity index (χ4n) is 1.83. The summed E-state index contributed by atoms with van der Waals surface area (Å²) in [6.45, 7) is 1.79. The number of amides is 1. The predicted octanol–water partition coefficient (Wildman–Crippen LogP) is 0.671. The van der Waals surface area contributed by atoms with Crippen LogP contribution in [0.4, 0.5) is 5.13 Å². The van der Waals surface area contributed by atoms with Crippen LogP contribution in [0.3, 0.4) is 0 Å². The number of carbonyl (C=O) groups excluding carboxylic acids is 1. The van der Waals surface area contributed by atoms with Crippen LogP contribution >= 0.6 is 11.3 Å². The first-order valence-electron chi connectivity index (χ1n) is 5.59. The van der Waals surface area contributed by atoms with E-state index in [-0.39, 0.29) is 11.9 Å². The Hall–Kier alpha value is -1.24. The normalized spacial score (nSPS) is 20.4. The van der Waals surface area contributed by atoms with Crippen molar-refractivity contribution in [3.63, 3.8) is 0 Å². The summed E-state index contributed by atoms with van der Waals surface area (Å²) in [4.78, 5) is 17.9. The highest BCUT2D eigenvalue weighted by Crippen LogP contribution is 2.12. The Balaban J connectivity index is 1.87. The summed E-state index contributed by atoms with van der Waals surface area (Å²) in [6.07, 6.45) is 6.83. The third kappa shape index (κ3) is 3.36. The molecule has 1 aromatic heterocycles. The van der Waals surface area contributed by atoms with Crippen molar-refractivity contribution in [2.75, 3.05) is 25.0 Å². The van der Waals surface area contributed by atoms with E-state index in [1.807, 2.05) is 5.38 Å². The van der Waals surface area contributed by atoms with Crippen molar-refractivity contribution in [2.24, 2.45) is 5.73 Å². The molecule has 6 heteroatoms. The van der Waals surface area contributed by atoms with Gasteiger partial charge < -0.3 is 11.1 Å². The molecule has 2 heterocycles. The summed E-state index contributed by atoms with van der Waals surface area (Å²) in [5, 5.41) is 5.26. The first-order chi connectivity index (χ1) is 8.29. The first kappa shape index (κ1) is 12.2. The summed E-state index contributed by atoms with van der Waals surface area (Å²) in [5.74, 6) is -0.0336. The second kappa shape index (κ2) is 5.90. The third-order valence-electron chi connectivity index (χ3n) is 2.68. The van der Waals surface area contributed by atoms with E-state index < -0.39 is 0 Å². The van der Waals surface area contributed by atoms with E-state index in [1.54, 1.807) is 6.20 Å². The minimum atomic E-state index is -0.0336. The number of nitrogens with two attached hydrogens (primary N) is 1. The van der Waals surface area contributed by atoms with Gasteiger partial charge in [0.1, 0.15) is 0 Å². The Morgan fingerprint density at radius 3 is 3.29 bits per heavy atom. The molecule has 3 N–H and O–H groups in total. The van der Waals surface area contributed by atoms with Gasteiger partial charge in [0.25, 0.3) is 0 Å². The molecule has 1 aliphatic heterocycles. The van der Waals surface area contributed by atoms with Gasteiger partial charge in [-0.1, -0.05) is 12.2 Å². The molecule has 0 spiro atoms. The Labute approximate surface area is 104 Å². The Kier molecular flexibility index (Phi) is 4.24. The van der Waals surface area contributed by atoms with Crippen LogP contribution in [0.2, 0.25) is 0 Å². The number of hydrogen-bond acceptors (Lipinski definition) is 5. The summed E-state index contributed by atoms with van der Waals surface area (Å²) in [7, 11) is 0. The van der Waals surface area contributed by atoms with E-state index >= 15 is 0 Å². The molecular formula is C11H16N4OS. The summed E-state index contributed by atoms with van der Waals surface area (Å²) in [5.41, 5.74) is 5.67. The monoisotopic (exact) mass is 252 g/mol. The molecule has 0 fully saturated rings. The largest absolute Gasteiger partial charge is 0.329 e. The van der Waals surface area contributed by atoms with Gasteiger partial charge in [-0.05, 0) is 6.42 Å². The SMILES string of the molecule is NCC1C=CCCN1CC(=O)Nc1nccs1. The number of rotatable bonds is 4. The molecule has 1 aromatic rings. The van der Waals surface area contributed by atoms with Gasteiger partial charge in [0.2, 0.25) is 5.91 Å². The first-order valence-corrected chi connectivity index (χ1v) is 6.47. The van der Waals surface area contributed by atoms with Crippen LogP contribution in [0.1, 0.15) is 6.42 Å². The van der Waals surface area contributed by atoms with Gasteiger partial charge in [0.05, 0.1) is 6.54 Å². The van der Waals surface area contributed by atoms with Crippen molar-refractivity contribution >= 4 is 22.4 Å². The molecule has 0 bridgehead atoms. The zero-order valence-corrected chi connectivity index (χ0v) is 10.3. The number of hydrogen-bond donors (Lipinski definition) is 2. The Morgan fingerprint density at radius 2 is 2.59 bits per heavy atom. The lowest BCUT2D eigenvalue weighted by atomic mass is 10.1. The molecular weight excluding hydrogens is 236 g/mol. The van der Waals surface area contributed by atoms with E-state index in [1.165, 1.54) is 11.3 Å². The quantitative estimate of drug-likeness (QED) is 0.773. The topological polar surface area (TPSA) is 71.2 Å². The van der Waals surface area contributed by atoms with Gasteiger partial charge in [-0.2, -0.15) is 0 Å². The maximum Gasteiger partial charge on any atom is 0.240 e. The predicted molar refractivity (Wildman–Crippen MR) is 68.9 cm³/mol. The minimum Gasteiger partial charge on any atom is -0.329 e. The molecule has 0 saturated carbocycles. The van der Waals surface area contributed by atoms with Gasteiger partial charge >= 0.3 is 0 Å². The lowest BCUT2D eigenvalue weighted by molar-refractivity contribution is -0.117. The smallest absolute Gasteiger partial charge is 0.240 e. The fourth-order valence-corrected chi connectivity index (χ4v) is 2.38. The molecule has 5 nitrogen and oxygen atoms in total. The van der Waals surface area contributed by atoms with E-state index in [0.717, 1.165) is 13.0 Å². The van der Waals surface area contributed by atoms with E-state index in [0.29, 0.717) is 18.2 Å². The summed E-state index contributed by atoms with van der Waals surface area (Å²) in [6, 6.07) is 0.172. The van der Waals surface area contributed by atoms with Gasteiger partial charge in [-0.3, -0.25) is 9.69 Å². The van der Waals surface area contributed by atoms with Crippen molar-refractivity contribution in [3.05, 3.63) is 23.7 Å². The highest BCUT2D eigenvalue weighted by molar-refractivity contribution is 7.13. The van der Waals surface area contributed by atoms with Crippen LogP contribution in [-0.4, -0.2) is 41.5 Å². The van der Waals surface area contributed by atoms with Gasteiger partial charge in [0.15, 0.2) is 5.13 Å². The molecule has 92 valence electrons. The lowest BCUT2D eigenvalue weighted by Crippen LogP contribution is -2.45. The summed E-state index contributed by atoms with van der Waals surface area (Å²) >= 11 is 1.42. The van der Waals surface area contributed by atoms with Gasteiger partial charge in [-0.15, -0.1) is 11.3 Å². The number of nitrogens with zero attached hydrogens (tertiary/aromatic N) is 2. The number of nitrogens with one attached hydrogen (secondary N) is 1. The molecule has 0 aromatic carbocycles. The Bertz CT molecular complexity index is 390. The number of aromatic nitrogens is 1. The molecule has 1 aliphatic rings. The Morgan fingerprint density at radius 1 is 1.71 bits per heavy atom. The van der Waals surface area contributed by atoms with E-state index in [9.17, 15) is 4.79 Å². The highest BCUT2D eigenvalue weighted by Gasteiger charge is 2.19. The zero-order valence-electron chi connectivity index (χ0n) is 9.50. The van der Waals surface area contributed by atoms with Crippen LogP contribution in [-0.2, 0) is 4.79 Å². The molecule has 17 heavy (non-hydrogen) atoms. The second-order valence-electron chi connectivity index (χ2n) is 3.88. The highest BCUT2D eigenvalue weighted by atomic mass is 32.1. The lowest BCUT2D eigenvalue weighted by Gasteiger charge is -2.30. The molecule has 0 radical (unpaired) electrons. The average molecular weight is 252 g/mol. The zero-order chi connectivity index (χ0) is 12.1. The van der Waals surface area contributed by atoms with E-state index in [2.05, 4.69) is 27.4 Å². The minimum absolute atomic E-state index is 0.0336. The van der Waals surface area contributed by atoms with Crippen LogP contribution in [0, 0.1) is 0 Å². The van der Waals surface area contributed by atoms with Crippen molar-refractivity contribution in [1.82, 2.24) is 9.88 Å². The van der Waals surface area contributed by atoms with Crippen molar-refractivity contribution in [1.29, 1.82) is 0 Å². The molecule has 1 atom stereocenters. The van der Waals surface area contributed by atoms with Crippen LogP contribution in [0.5, 0.6) is 0 Å². The molecule has 0 saturated heterocycles. The summed E-state index contributed by atoms with van der Waals surface area (Å²) < 4.78 is 0. The van der Waals surface area contributed by atoms with Crippen molar-refractivity contribution < 1.29 is 4.79 Å². The molecule has 1 unspecified atom stereocenters. The van der Waals surface area contributed by atoms with Crippen molar-refractivity contribution in [3.8, 4) is 0 Å². The number of anilines is 1.